The van der Waals surface area contributed by atoms with E-state index in [-0.39, 0.29) is 0 Å². The van der Waals surface area contributed by atoms with E-state index in [1.807, 2.05) is 0 Å². The van der Waals surface area contributed by atoms with E-state index in [4.69, 9.17) is 20.4 Å². The fraction of sp³-hybridized carbons (Fsp3) is 0.480. The Morgan fingerprint density at radius 1 is 0.425 bits per heavy atom. The zero-order chi connectivity index (χ0) is 33.1. The van der Waals surface area contributed by atoms with Gasteiger partial charge in [0.1, 0.15) is 0 Å². The Morgan fingerprint density at radius 3 is 0.625 bits per heavy atom. The Kier molecular flexibility index (Phi) is 17.9. The van der Waals surface area contributed by atoms with Crippen LogP contribution in [0.2, 0.25) is 0 Å². The summed E-state index contributed by atoms with van der Waals surface area (Å²) in [5, 5.41) is 33.6. The van der Waals surface area contributed by atoms with E-state index < -0.39 is 80.9 Å². The number of aromatic hydroxyl groups is 2. The van der Waals surface area contributed by atoms with Crippen LogP contribution >= 0.6 is 0 Å². The average molecular weight is 770 g/mol. The number of aliphatic hydroxyl groups is 2. The summed E-state index contributed by atoms with van der Waals surface area (Å²) in [6.45, 7) is 17.1. The van der Waals surface area contributed by atoms with Gasteiger partial charge in [0.15, 0.2) is 11.5 Å². The minimum absolute atomic E-state index is 0.454. The Morgan fingerprint density at radius 2 is 0.525 bits per heavy atom. The molecule has 2 aromatic rings. The first-order valence-corrected chi connectivity index (χ1v) is 12.5. The van der Waals surface area contributed by atoms with Crippen molar-refractivity contribution in [3.63, 3.8) is 0 Å². The monoisotopic (exact) mass is 770 g/mol. The summed E-state index contributed by atoms with van der Waals surface area (Å²) in [7, 11) is 0. The van der Waals surface area contributed by atoms with Gasteiger partial charge >= 0.3 is 49.9 Å². The van der Waals surface area contributed by atoms with Crippen LogP contribution in [0, 0.1) is 63.6 Å². The molecule has 0 aliphatic heterocycles. The van der Waals surface area contributed by atoms with Crippen molar-refractivity contribution in [1.29, 1.82) is 0 Å². The molecule has 0 aromatic heterocycles. The zero-order valence-corrected chi connectivity index (χ0v) is 26.0. The van der Waals surface area contributed by atoms with Crippen molar-refractivity contribution in [1.82, 2.24) is 0 Å². The van der Waals surface area contributed by atoms with E-state index >= 15 is 0 Å². The molecule has 0 amide bonds. The molecule has 0 bridgehead atoms. The molecule has 40 heavy (non-hydrogen) atoms. The van der Waals surface area contributed by atoms with E-state index in [9.17, 15) is 43.9 Å². The summed E-state index contributed by atoms with van der Waals surface area (Å²) in [6, 6.07) is 0. The third kappa shape index (κ3) is 18.2. The minimum Gasteiger partial charge on any atom is -0.503 e. The van der Waals surface area contributed by atoms with Crippen molar-refractivity contribution < 1.29 is 83.7 Å². The topological polar surface area (TPSA) is 80.9 Å². The molecular formula is C25H32F10O4W. The fourth-order valence-electron chi connectivity index (χ4n) is 1.19. The maximum atomic E-state index is 12.2. The van der Waals surface area contributed by atoms with Crippen LogP contribution in [-0.2, 0) is 19.4 Å². The van der Waals surface area contributed by atoms with Crippen LogP contribution in [0.1, 0.15) is 62.3 Å². The molecule has 0 saturated carbocycles. The maximum absolute atomic E-state index is 12.2. The summed E-state index contributed by atoms with van der Waals surface area (Å²) < 4.78 is 124. The van der Waals surface area contributed by atoms with Crippen LogP contribution in [-0.4, -0.2) is 36.0 Å². The predicted octanol–water partition coefficient (Wildman–Crippen LogP) is 7.11. The molecule has 0 heterocycles. The molecule has 0 saturated heterocycles. The largest absolute Gasteiger partial charge is 0.503 e. The number of benzene rings is 2. The van der Waals surface area contributed by atoms with Gasteiger partial charge in [0, 0.05) is 0 Å². The molecule has 4 N–H and O–H groups in total. The molecule has 0 fully saturated rings. The van der Waals surface area contributed by atoms with Gasteiger partial charge in [-0.1, -0.05) is 0 Å². The van der Waals surface area contributed by atoms with Crippen LogP contribution in [0.4, 0.5) is 43.9 Å². The molecule has 0 unspecified atom stereocenters. The Balaban J connectivity index is -0.000000456. The quantitative estimate of drug-likeness (QED) is 0.131. The van der Waals surface area contributed by atoms with Crippen LogP contribution in [0.5, 0.6) is 11.5 Å². The third-order valence-electron chi connectivity index (χ3n) is 2.73. The van der Waals surface area contributed by atoms with Gasteiger partial charge in [-0.05, 0) is 41.5 Å². The number of phenolic OH excluding ortho intramolecular Hbond substituents is 2. The number of halogens is 10. The molecular weight excluding hydrogens is 738 g/mol. The number of hydrogen-bond donors (Lipinski definition) is 4. The third-order valence-corrected chi connectivity index (χ3v) is 5.27. The Labute approximate surface area is 236 Å². The summed E-state index contributed by atoms with van der Waals surface area (Å²) in [6.07, 6.45) is 0. The van der Waals surface area contributed by atoms with E-state index in [1.165, 1.54) is 0 Å². The normalized spacial score (nSPS) is 10.9. The van der Waals surface area contributed by atoms with Crippen LogP contribution in [0.15, 0.2) is 0 Å². The van der Waals surface area contributed by atoms with Gasteiger partial charge in [0.05, 0.1) is 11.2 Å². The standard InChI is InChI=1S/2C6HF5O.C5H10.2C4H10O.W/c2*7-1-2(8)4(10)6(12)5(11)3(1)9;1-5(2,3)4;2*1-4(2,3)5;/h2*12H;1H,2-4H3;2*5H,1-3H3;. The molecule has 2 aromatic carbocycles. The maximum Gasteiger partial charge on any atom is 0.206 e. The SMILES string of the molecule is CC(C)(C)O.CC(C)(C)O.CC(C)(C)[CH]=[W].Oc1c(F)c(F)c(F)c(F)c1F.Oc1c(F)c(F)c(F)c(F)c1F. The van der Waals surface area contributed by atoms with E-state index in [1.54, 1.807) is 60.9 Å². The number of rotatable bonds is 0. The number of hydrogen-bond acceptors (Lipinski definition) is 4. The van der Waals surface area contributed by atoms with Gasteiger partial charge in [-0.3, -0.25) is 0 Å². The van der Waals surface area contributed by atoms with E-state index in [0.717, 1.165) is 0 Å². The van der Waals surface area contributed by atoms with Crippen molar-refractivity contribution in [2.45, 2.75) is 73.5 Å². The molecule has 0 atom stereocenters. The smallest absolute Gasteiger partial charge is 0.206 e. The molecule has 232 valence electrons. The fourth-order valence-corrected chi connectivity index (χ4v) is 1.19. The van der Waals surface area contributed by atoms with Gasteiger partial charge in [0.25, 0.3) is 0 Å². The van der Waals surface area contributed by atoms with Crippen molar-refractivity contribution in [2.24, 2.45) is 5.41 Å². The van der Waals surface area contributed by atoms with Gasteiger partial charge in [-0.25, -0.2) is 26.3 Å². The van der Waals surface area contributed by atoms with Crippen LogP contribution in [0.3, 0.4) is 0 Å². The second-order valence-electron chi connectivity index (χ2n) is 10.7. The zero-order valence-electron chi connectivity index (χ0n) is 23.1. The summed E-state index contributed by atoms with van der Waals surface area (Å²) >= 11 is 1.57. The summed E-state index contributed by atoms with van der Waals surface area (Å²) in [5.41, 5.74) is -0.546. The van der Waals surface area contributed by atoms with Gasteiger partial charge in [-0.2, -0.15) is 17.6 Å². The molecule has 15 heteroatoms. The molecule has 2 rings (SSSR count). The summed E-state index contributed by atoms with van der Waals surface area (Å²) in [5.74, 6) is -25.9. The Hall–Kier alpha value is -2.18. The Bertz CT molecular complexity index is 822. The number of phenols is 2. The first-order valence-electron chi connectivity index (χ1n) is 10.8. The van der Waals surface area contributed by atoms with Crippen molar-refractivity contribution >= 4 is 4.40 Å². The second kappa shape index (κ2) is 16.9. The molecule has 4 nitrogen and oxygen atoms in total. The molecule has 0 spiro atoms. The second-order valence-corrected chi connectivity index (χ2v) is 11.5. The summed E-state index contributed by atoms with van der Waals surface area (Å²) in [4.78, 5) is 0. The minimum atomic E-state index is -2.29. The van der Waals surface area contributed by atoms with Crippen molar-refractivity contribution in [2.75, 3.05) is 0 Å². The van der Waals surface area contributed by atoms with Gasteiger partial charge in [-0.15, -0.1) is 0 Å². The van der Waals surface area contributed by atoms with Crippen molar-refractivity contribution in [3.8, 4) is 11.5 Å². The molecule has 0 radical (unpaired) electrons. The van der Waals surface area contributed by atoms with Gasteiger partial charge in [0.2, 0.25) is 58.2 Å². The van der Waals surface area contributed by atoms with Crippen LogP contribution in [0.25, 0.3) is 0 Å². The van der Waals surface area contributed by atoms with E-state index in [2.05, 4.69) is 25.2 Å². The van der Waals surface area contributed by atoms with Gasteiger partial charge < -0.3 is 20.4 Å². The predicted molar refractivity (Wildman–Crippen MR) is 125 cm³/mol. The first-order chi connectivity index (χ1) is 17.5. The molecule has 0 aliphatic carbocycles. The molecule has 0 aliphatic rings. The average Bonchev–Trinajstić information content (AvgIpc) is 2.79. The first kappa shape index (κ1) is 42.3. The van der Waals surface area contributed by atoms with Crippen LogP contribution < -0.4 is 0 Å². The van der Waals surface area contributed by atoms with Crippen molar-refractivity contribution in [3.05, 3.63) is 58.2 Å². The van der Waals surface area contributed by atoms with E-state index in [0.29, 0.717) is 5.41 Å².